The smallest absolute Gasteiger partial charge is 0.164 e. The molecule has 0 saturated heterocycles. The van der Waals surface area contributed by atoms with Gasteiger partial charge in [-0.15, -0.1) is 0 Å². The molecule has 8 aromatic carbocycles. The molecule has 0 aliphatic rings. The molecule has 228 valence electrons. The Morgan fingerprint density at radius 3 is 1.67 bits per heavy atom. The average Bonchev–Trinajstić information content (AvgIpc) is 3.53. The van der Waals surface area contributed by atoms with E-state index in [2.05, 4.69) is 133 Å². The highest BCUT2D eigenvalue weighted by Crippen LogP contribution is 2.39. The van der Waals surface area contributed by atoms with Gasteiger partial charge in [0.2, 0.25) is 0 Å². The molecule has 49 heavy (non-hydrogen) atoms. The summed E-state index contributed by atoms with van der Waals surface area (Å²) >= 11 is 0. The molecule has 0 amide bonds. The molecule has 0 bridgehead atoms. The third-order valence-electron chi connectivity index (χ3n) is 9.49. The Morgan fingerprint density at radius 2 is 0.878 bits per heavy atom. The predicted octanol–water partition coefficient (Wildman–Crippen LogP) is 11.9. The molecule has 0 aliphatic heterocycles. The maximum absolute atomic E-state index is 6.44. The fourth-order valence-electron chi connectivity index (χ4n) is 7.05. The van der Waals surface area contributed by atoms with Gasteiger partial charge in [-0.3, -0.25) is 0 Å². The monoisotopic (exact) mass is 625 g/mol. The van der Waals surface area contributed by atoms with Crippen LogP contribution >= 0.6 is 0 Å². The molecule has 0 unspecified atom stereocenters. The summed E-state index contributed by atoms with van der Waals surface area (Å²) in [5.74, 6) is 1.93. The van der Waals surface area contributed by atoms with E-state index in [-0.39, 0.29) is 0 Å². The average molecular weight is 626 g/mol. The van der Waals surface area contributed by atoms with Gasteiger partial charge in [0.1, 0.15) is 11.2 Å². The van der Waals surface area contributed by atoms with Crippen molar-refractivity contribution in [2.24, 2.45) is 0 Å². The number of hydrogen-bond donors (Lipinski definition) is 0. The molecule has 4 heteroatoms. The van der Waals surface area contributed by atoms with Crippen molar-refractivity contribution >= 4 is 54.3 Å². The highest BCUT2D eigenvalue weighted by molar-refractivity contribution is 6.12. The minimum absolute atomic E-state index is 0.638. The van der Waals surface area contributed by atoms with Crippen LogP contribution < -0.4 is 0 Å². The molecule has 2 aromatic heterocycles. The number of hydrogen-bond acceptors (Lipinski definition) is 4. The van der Waals surface area contributed by atoms with Crippen LogP contribution in [0.5, 0.6) is 0 Å². The summed E-state index contributed by atoms with van der Waals surface area (Å²) in [7, 11) is 0. The zero-order chi connectivity index (χ0) is 32.3. The Labute approximate surface area is 282 Å². The number of benzene rings is 8. The Hall–Kier alpha value is -6.65. The highest BCUT2D eigenvalue weighted by atomic mass is 16.3. The van der Waals surface area contributed by atoms with Crippen LogP contribution in [0.1, 0.15) is 0 Å². The van der Waals surface area contributed by atoms with Gasteiger partial charge in [-0.1, -0.05) is 127 Å². The van der Waals surface area contributed by atoms with Crippen LogP contribution in [0.25, 0.3) is 99.5 Å². The molecule has 4 nitrogen and oxygen atoms in total. The van der Waals surface area contributed by atoms with Crippen molar-refractivity contribution in [3.05, 3.63) is 164 Å². The lowest BCUT2D eigenvalue weighted by atomic mass is 9.94. The Morgan fingerprint density at radius 1 is 0.306 bits per heavy atom. The van der Waals surface area contributed by atoms with Gasteiger partial charge in [0.25, 0.3) is 0 Å². The van der Waals surface area contributed by atoms with Gasteiger partial charge in [-0.05, 0) is 79.8 Å². The first-order valence-corrected chi connectivity index (χ1v) is 16.4. The number of furan rings is 1. The third-order valence-corrected chi connectivity index (χ3v) is 9.49. The molecule has 0 atom stereocenters. The standard InChI is InChI=1S/C45H27N3O/c1-2-11-29(12-3-1)43-46-44(34-19-18-28-10-4-5-13-30(28)24-34)48-45(47-43)39-23-22-35(36-16-8-9-17-37(36)39)33-20-21-38-40-25-31-14-6-7-15-32(31)26-42(40)49-41(38)27-33/h1-27H. The first kappa shape index (κ1) is 27.5. The SMILES string of the molecule is c1ccc(-c2nc(-c3ccc4ccccc4c3)nc(-c3ccc(-c4ccc5c(c4)oc4cc6ccccc6cc45)c4ccccc34)n2)cc1. The van der Waals surface area contributed by atoms with Crippen molar-refractivity contribution in [1.29, 1.82) is 0 Å². The molecule has 0 radical (unpaired) electrons. The van der Waals surface area contributed by atoms with Crippen LogP contribution in [0.2, 0.25) is 0 Å². The quantitative estimate of drug-likeness (QED) is 0.195. The minimum Gasteiger partial charge on any atom is -0.456 e. The van der Waals surface area contributed by atoms with Crippen molar-refractivity contribution in [2.45, 2.75) is 0 Å². The molecule has 0 N–H and O–H groups in total. The maximum Gasteiger partial charge on any atom is 0.164 e. The fourth-order valence-corrected chi connectivity index (χ4v) is 7.05. The van der Waals surface area contributed by atoms with E-state index in [9.17, 15) is 0 Å². The Kier molecular flexibility index (Phi) is 6.15. The van der Waals surface area contributed by atoms with Gasteiger partial charge in [-0.25, -0.2) is 15.0 Å². The second kappa shape index (κ2) is 11.0. The molecular weight excluding hydrogens is 599 g/mol. The number of fused-ring (bicyclic) bond motifs is 6. The van der Waals surface area contributed by atoms with Crippen LogP contribution in [0.3, 0.4) is 0 Å². The van der Waals surface area contributed by atoms with E-state index in [1.54, 1.807) is 0 Å². The topological polar surface area (TPSA) is 51.8 Å². The van der Waals surface area contributed by atoms with Crippen LogP contribution in [0.4, 0.5) is 0 Å². The molecule has 0 fully saturated rings. The van der Waals surface area contributed by atoms with Crippen LogP contribution in [-0.4, -0.2) is 15.0 Å². The van der Waals surface area contributed by atoms with Gasteiger partial charge in [0, 0.05) is 27.5 Å². The Bertz CT molecular complexity index is 2890. The third kappa shape index (κ3) is 4.65. The number of aromatic nitrogens is 3. The first-order chi connectivity index (χ1) is 24.2. The van der Waals surface area contributed by atoms with E-state index >= 15 is 0 Å². The van der Waals surface area contributed by atoms with Crippen LogP contribution in [0.15, 0.2) is 168 Å². The van der Waals surface area contributed by atoms with Gasteiger partial charge >= 0.3 is 0 Å². The molecule has 0 spiro atoms. The van der Waals surface area contributed by atoms with E-state index in [1.165, 1.54) is 16.2 Å². The second-order valence-corrected chi connectivity index (χ2v) is 12.4. The van der Waals surface area contributed by atoms with Crippen LogP contribution in [0, 0.1) is 0 Å². The molecule has 2 heterocycles. The van der Waals surface area contributed by atoms with Crippen molar-refractivity contribution in [1.82, 2.24) is 15.0 Å². The summed E-state index contributed by atoms with van der Waals surface area (Å²) < 4.78 is 6.44. The maximum atomic E-state index is 6.44. The zero-order valence-corrected chi connectivity index (χ0v) is 26.3. The van der Waals surface area contributed by atoms with E-state index < -0.39 is 0 Å². The summed E-state index contributed by atoms with van der Waals surface area (Å²) in [4.78, 5) is 15.2. The van der Waals surface area contributed by atoms with Crippen LogP contribution in [-0.2, 0) is 0 Å². The van der Waals surface area contributed by atoms with E-state index in [0.717, 1.165) is 65.9 Å². The summed E-state index contributed by atoms with van der Waals surface area (Å²) in [6.45, 7) is 0. The van der Waals surface area contributed by atoms with Crippen molar-refractivity contribution < 1.29 is 4.42 Å². The lowest BCUT2D eigenvalue weighted by molar-refractivity contribution is 0.669. The van der Waals surface area contributed by atoms with Crippen molar-refractivity contribution in [3.8, 4) is 45.3 Å². The fraction of sp³-hybridized carbons (Fsp3) is 0. The molecule has 10 rings (SSSR count). The van der Waals surface area contributed by atoms with E-state index in [4.69, 9.17) is 19.4 Å². The van der Waals surface area contributed by atoms with Gasteiger partial charge in [0.15, 0.2) is 17.5 Å². The molecule has 0 saturated carbocycles. The predicted molar refractivity (Wildman–Crippen MR) is 201 cm³/mol. The highest BCUT2D eigenvalue weighted by Gasteiger charge is 2.17. The number of nitrogens with zero attached hydrogens (tertiary/aromatic N) is 3. The summed E-state index contributed by atoms with van der Waals surface area (Å²) in [6.07, 6.45) is 0. The van der Waals surface area contributed by atoms with Crippen molar-refractivity contribution in [3.63, 3.8) is 0 Å². The largest absolute Gasteiger partial charge is 0.456 e. The van der Waals surface area contributed by atoms with Gasteiger partial charge in [-0.2, -0.15) is 0 Å². The summed E-state index contributed by atoms with van der Waals surface area (Å²) in [5, 5.41) is 9.15. The number of rotatable bonds is 4. The first-order valence-electron chi connectivity index (χ1n) is 16.4. The van der Waals surface area contributed by atoms with E-state index in [0.29, 0.717) is 17.5 Å². The lowest BCUT2D eigenvalue weighted by Crippen LogP contribution is -2.00. The van der Waals surface area contributed by atoms with Gasteiger partial charge in [0.05, 0.1) is 0 Å². The Balaban J connectivity index is 1.14. The van der Waals surface area contributed by atoms with Gasteiger partial charge < -0.3 is 4.42 Å². The van der Waals surface area contributed by atoms with E-state index in [1.807, 2.05) is 30.3 Å². The second-order valence-electron chi connectivity index (χ2n) is 12.4. The summed E-state index contributed by atoms with van der Waals surface area (Å²) in [6, 6.07) is 57.0. The molecular formula is C45H27N3O. The normalized spacial score (nSPS) is 11.7. The molecule has 10 aromatic rings. The molecule has 0 aliphatic carbocycles. The zero-order valence-electron chi connectivity index (χ0n) is 26.3. The van der Waals surface area contributed by atoms with Crippen molar-refractivity contribution in [2.75, 3.05) is 0 Å². The minimum atomic E-state index is 0.638. The summed E-state index contributed by atoms with van der Waals surface area (Å²) in [5.41, 5.74) is 6.85. The lowest BCUT2D eigenvalue weighted by Gasteiger charge is -2.13.